The highest BCUT2D eigenvalue weighted by atomic mass is 16.6. The molecule has 0 aliphatic carbocycles. The number of hydrogen-bond donors (Lipinski definition) is 0. The maximum Gasteiger partial charge on any atom is 0.143 e. The fraction of sp³-hybridized carbons (Fsp3) is 0.579. The highest BCUT2D eigenvalue weighted by Crippen LogP contribution is 2.29. The van der Waals surface area contributed by atoms with Crippen LogP contribution in [0.1, 0.15) is 5.56 Å². The molecule has 0 atom stereocenters. The summed E-state index contributed by atoms with van der Waals surface area (Å²) in [7, 11) is 1.65. The van der Waals surface area contributed by atoms with Crippen molar-refractivity contribution in [2.24, 2.45) is 0 Å². The molecule has 0 bridgehead atoms. The van der Waals surface area contributed by atoms with Crippen LogP contribution in [0.2, 0.25) is 0 Å². The number of ether oxygens (including phenoxy) is 5. The van der Waals surface area contributed by atoms with Crippen molar-refractivity contribution >= 4 is 5.69 Å². The quantitative estimate of drug-likeness (QED) is 0.756. The molecule has 0 aromatic heterocycles. The molecule has 6 heteroatoms. The van der Waals surface area contributed by atoms with Gasteiger partial charge in [0.15, 0.2) is 0 Å². The molecule has 1 aliphatic rings. The third-order valence-electron chi connectivity index (χ3n) is 3.81. The van der Waals surface area contributed by atoms with E-state index in [-0.39, 0.29) is 0 Å². The van der Waals surface area contributed by atoms with Crippen molar-refractivity contribution in [2.75, 3.05) is 78.0 Å². The number of rotatable bonds is 2. The Kier molecular flexibility index (Phi) is 9.16. The Morgan fingerprint density at radius 2 is 1.40 bits per heavy atom. The normalized spacial score (nSPS) is 18.6. The minimum Gasteiger partial charge on any atom is -0.495 e. The van der Waals surface area contributed by atoms with Crippen LogP contribution in [0.3, 0.4) is 0 Å². The van der Waals surface area contributed by atoms with Gasteiger partial charge in [0.2, 0.25) is 0 Å². The van der Waals surface area contributed by atoms with Crippen LogP contribution in [0, 0.1) is 12.3 Å². The third kappa shape index (κ3) is 6.92. The van der Waals surface area contributed by atoms with Gasteiger partial charge in [-0.3, -0.25) is 0 Å². The van der Waals surface area contributed by atoms with Crippen LogP contribution in [-0.4, -0.2) is 73.1 Å². The van der Waals surface area contributed by atoms with Gasteiger partial charge in [-0.1, -0.05) is 5.92 Å². The van der Waals surface area contributed by atoms with Crippen LogP contribution in [0.5, 0.6) is 5.75 Å². The third-order valence-corrected chi connectivity index (χ3v) is 3.81. The Labute approximate surface area is 149 Å². The van der Waals surface area contributed by atoms with Gasteiger partial charge < -0.3 is 28.6 Å². The largest absolute Gasteiger partial charge is 0.495 e. The zero-order valence-corrected chi connectivity index (χ0v) is 14.9. The molecule has 0 spiro atoms. The maximum absolute atomic E-state index is 5.66. The van der Waals surface area contributed by atoms with Crippen LogP contribution in [0.25, 0.3) is 0 Å². The predicted molar refractivity (Wildman–Crippen MR) is 96.4 cm³/mol. The number of hydrogen-bond acceptors (Lipinski definition) is 6. The second-order valence-corrected chi connectivity index (χ2v) is 5.47. The van der Waals surface area contributed by atoms with E-state index in [1.165, 1.54) is 0 Å². The van der Waals surface area contributed by atoms with Crippen LogP contribution in [-0.2, 0) is 18.9 Å². The van der Waals surface area contributed by atoms with Gasteiger partial charge in [-0.15, -0.1) is 6.42 Å². The summed E-state index contributed by atoms with van der Waals surface area (Å²) in [6.07, 6.45) is 5.48. The van der Waals surface area contributed by atoms with Crippen LogP contribution in [0.15, 0.2) is 18.2 Å². The van der Waals surface area contributed by atoms with E-state index in [2.05, 4.69) is 10.8 Å². The van der Waals surface area contributed by atoms with Gasteiger partial charge in [0.1, 0.15) is 5.75 Å². The molecule has 0 saturated carbocycles. The first-order chi connectivity index (χ1) is 12.3. The van der Waals surface area contributed by atoms with Crippen molar-refractivity contribution in [2.45, 2.75) is 0 Å². The standard InChI is InChI=1S/C19H27NO5/c1-3-17-4-5-18(19(16-17)21-2)20-6-8-22-10-12-24-14-15-25-13-11-23-9-7-20/h1,4-5,16H,6-15H2,2H3. The van der Waals surface area contributed by atoms with E-state index >= 15 is 0 Å². The molecule has 0 radical (unpaired) electrons. The lowest BCUT2D eigenvalue weighted by Gasteiger charge is -2.26. The van der Waals surface area contributed by atoms with Crippen LogP contribution < -0.4 is 9.64 Å². The fourth-order valence-electron chi connectivity index (χ4n) is 2.49. The first kappa shape index (κ1) is 19.5. The fourth-order valence-corrected chi connectivity index (χ4v) is 2.49. The second kappa shape index (κ2) is 11.7. The molecular formula is C19H27NO5. The predicted octanol–water partition coefficient (Wildman–Crippen LogP) is 1.56. The van der Waals surface area contributed by atoms with Crippen molar-refractivity contribution < 1.29 is 23.7 Å². The van der Waals surface area contributed by atoms with Crippen molar-refractivity contribution in [1.82, 2.24) is 0 Å². The Morgan fingerprint density at radius 3 is 1.88 bits per heavy atom. The van der Waals surface area contributed by atoms with Gasteiger partial charge >= 0.3 is 0 Å². The van der Waals surface area contributed by atoms with E-state index < -0.39 is 0 Å². The molecule has 2 rings (SSSR count). The van der Waals surface area contributed by atoms with Crippen LogP contribution in [0.4, 0.5) is 5.69 Å². The summed E-state index contributed by atoms with van der Waals surface area (Å²) in [5.74, 6) is 3.38. The maximum atomic E-state index is 5.66. The number of terminal acetylenes is 1. The van der Waals surface area contributed by atoms with E-state index in [1.807, 2.05) is 18.2 Å². The summed E-state index contributed by atoms with van der Waals surface area (Å²) in [4.78, 5) is 2.18. The summed E-state index contributed by atoms with van der Waals surface area (Å²) in [5, 5.41) is 0. The van der Waals surface area contributed by atoms with Crippen molar-refractivity contribution in [1.29, 1.82) is 0 Å². The van der Waals surface area contributed by atoms with Gasteiger partial charge in [0, 0.05) is 18.7 Å². The highest BCUT2D eigenvalue weighted by Gasteiger charge is 2.13. The van der Waals surface area contributed by atoms with E-state index in [1.54, 1.807) is 7.11 Å². The Bertz CT molecular complexity index is 527. The molecule has 1 aromatic carbocycles. The zero-order valence-electron chi connectivity index (χ0n) is 14.9. The van der Waals surface area contributed by atoms with E-state index in [0.29, 0.717) is 52.9 Å². The summed E-state index contributed by atoms with van der Waals surface area (Å²) in [6, 6.07) is 5.76. The number of benzene rings is 1. The molecule has 6 nitrogen and oxygen atoms in total. The van der Waals surface area contributed by atoms with E-state index in [9.17, 15) is 0 Å². The average molecular weight is 349 g/mol. The number of anilines is 1. The second-order valence-electron chi connectivity index (χ2n) is 5.47. The molecule has 1 heterocycles. The zero-order chi connectivity index (χ0) is 17.7. The molecule has 0 unspecified atom stereocenters. The number of methoxy groups -OCH3 is 1. The lowest BCUT2D eigenvalue weighted by atomic mass is 10.2. The lowest BCUT2D eigenvalue weighted by molar-refractivity contribution is 0.00206. The summed E-state index contributed by atoms with van der Waals surface area (Å²) in [6.45, 7) is 6.08. The minimum absolute atomic E-state index is 0.567. The topological polar surface area (TPSA) is 49.4 Å². The monoisotopic (exact) mass is 349 g/mol. The Hall–Kier alpha value is -1.78. The molecule has 1 aromatic rings. The molecule has 1 fully saturated rings. The Morgan fingerprint density at radius 1 is 0.880 bits per heavy atom. The van der Waals surface area contributed by atoms with Crippen molar-refractivity contribution in [3.05, 3.63) is 23.8 Å². The SMILES string of the molecule is C#Cc1ccc(N2CCOCCOCCOCCOCC2)c(OC)c1. The molecular weight excluding hydrogens is 322 g/mol. The van der Waals surface area contributed by atoms with Crippen LogP contribution >= 0.6 is 0 Å². The Balaban J connectivity index is 2.02. The first-order valence-corrected chi connectivity index (χ1v) is 8.55. The molecule has 1 saturated heterocycles. The van der Waals surface area contributed by atoms with Gasteiger partial charge in [-0.05, 0) is 18.2 Å². The molecule has 138 valence electrons. The molecule has 25 heavy (non-hydrogen) atoms. The van der Waals surface area contributed by atoms with Crippen molar-refractivity contribution in [3.8, 4) is 18.1 Å². The summed E-state index contributed by atoms with van der Waals surface area (Å²) in [5.41, 5.74) is 1.77. The van der Waals surface area contributed by atoms with Gasteiger partial charge in [-0.25, -0.2) is 0 Å². The minimum atomic E-state index is 0.567. The molecule has 0 N–H and O–H groups in total. The number of nitrogens with zero attached hydrogens (tertiary/aromatic N) is 1. The van der Waals surface area contributed by atoms with Gasteiger partial charge in [-0.2, -0.15) is 0 Å². The van der Waals surface area contributed by atoms with Crippen molar-refractivity contribution in [3.63, 3.8) is 0 Å². The van der Waals surface area contributed by atoms with E-state index in [4.69, 9.17) is 30.1 Å². The summed E-state index contributed by atoms with van der Waals surface area (Å²) < 4.78 is 27.7. The van der Waals surface area contributed by atoms with Gasteiger partial charge in [0.25, 0.3) is 0 Å². The van der Waals surface area contributed by atoms with Gasteiger partial charge in [0.05, 0.1) is 65.7 Å². The summed E-state index contributed by atoms with van der Waals surface area (Å²) >= 11 is 0. The molecule has 1 aliphatic heterocycles. The lowest BCUT2D eigenvalue weighted by Crippen LogP contribution is -2.32. The molecule has 0 amide bonds. The average Bonchev–Trinajstić information content (AvgIpc) is 2.66. The first-order valence-electron chi connectivity index (χ1n) is 8.55. The highest BCUT2D eigenvalue weighted by molar-refractivity contribution is 5.61. The smallest absolute Gasteiger partial charge is 0.143 e. The van der Waals surface area contributed by atoms with E-state index in [0.717, 1.165) is 30.1 Å².